The molecule has 1 fully saturated rings. The Hall–Kier alpha value is -0.910. The molecule has 2 heterocycles. The maximum Gasteiger partial charge on any atom is 0.107 e. The lowest BCUT2D eigenvalue weighted by Gasteiger charge is -2.26. The van der Waals surface area contributed by atoms with E-state index in [9.17, 15) is 5.11 Å². The number of aliphatic hydroxyl groups excluding tert-OH is 1. The van der Waals surface area contributed by atoms with Gasteiger partial charge in [0.05, 0.1) is 32.1 Å². The molecule has 0 spiro atoms. The van der Waals surface area contributed by atoms with E-state index in [1.54, 1.807) is 10.9 Å². The van der Waals surface area contributed by atoms with Gasteiger partial charge in [-0.15, -0.1) is 0 Å². The Labute approximate surface area is 88.6 Å². The van der Waals surface area contributed by atoms with Gasteiger partial charge in [0, 0.05) is 19.7 Å². The third kappa shape index (κ3) is 2.77. The molecule has 2 atom stereocenters. The Balaban J connectivity index is 1.88. The highest BCUT2D eigenvalue weighted by atomic mass is 16.6. The predicted molar refractivity (Wildman–Crippen MR) is 53.5 cm³/mol. The van der Waals surface area contributed by atoms with Gasteiger partial charge < -0.3 is 14.6 Å². The van der Waals surface area contributed by atoms with Crippen LogP contribution in [0.25, 0.3) is 0 Å². The lowest BCUT2D eigenvalue weighted by Crippen LogP contribution is -2.39. The Morgan fingerprint density at radius 2 is 2.53 bits per heavy atom. The zero-order valence-corrected chi connectivity index (χ0v) is 8.80. The molecule has 1 aromatic rings. The van der Waals surface area contributed by atoms with E-state index in [2.05, 4.69) is 5.10 Å². The molecule has 1 saturated heterocycles. The molecule has 1 aliphatic heterocycles. The van der Waals surface area contributed by atoms with E-state index < -0.39 is 6.10 Å². The van der Waals surface area contributed by atoms with Crippen LogP contribution in [0.1, 0.15) is 5.56 Å². The highest BCUT2D eigenvalue weighted by Gasteiger charge is 2.23. The van der Waals surface area contributed by atoms with Crippen LogP contribution in [-0.2, 0) is 22.9 Å². The van der Waals surface area contributed by atoms with Gasteiger partial charge in [0.25, 0.3) is 0 Å². The van der Waals surface area contributed by atoms with Crippen molar-refractivity contribution in [2.24, 2.45) is 7.05 Å². The van der Waals surface area contributed by atoms with Crippen molar-refractivity contribution in [3.05, 3.63) is 18.0 Å². The van der Waals surface area contributed by atoms with Crippen molar-refractivity contribution in [2.45, 2.75) is 18.6 Å². The van der Waals surface area contributed by atoms with Gasteiger partial charge in [0.15, 0.2) is 0 Å². The van der Waals surface area contributed by atoms with Crippen LogP contribution in [0.15, 0.2) is 12.4 Å². The Kier molecular flexibility index (Phi) is 3.35. The first-order chi connectivity index (χ1) is 7.25. The minimum atomic E-state index is -0.519. The first-order valence-corrected chi connectivity index (χ1v) is 5.10. The molecule has 84 valence electrons. The summed E-state index contributed by atoms with van der Waals surface area (Å²) in [7, 11) is 1.86. The number of ether oxygens (including phenoxy) is 2. The fourth-order valence-electron chi connectivity index (χ4n) is 1.68. The summed E-state index contributed by atoms with van der Waals surface area (Å²) in [6.07, 6.45) is 3.48. The molecule has 2 rings (SSSR count). The van der Waals surface area contributed by atoms with Gasteiger partial charge in [-0.2, -0.15) is 5.10 Å². The summed E-state index contributed by atoms with van der Waals surface area (Å²) in [6.45, 7) is 1.66. The summed E-state index contributed by atoms with van der Waals surface area (Å²) >= 11 is 0. The van der Waals surface area contributed by atoms with Crippen molar-refractivity contribution in [3.63, 3.8) is 0 Å². The summed E-state index contributed by atoms with van der Waals surface area (Å²) in [6, 6.07) is 0. The van der Waals surface area contributed by atoms with Crippen molar-refractivity contribution < 1.29 is 14.6 Å². The molecule has 5 heteroatoms. The van der Waals surface area contributed by atoms with Crippen LogP contribution in [0.5, 0.6) is 0 Å². The van der Waals surface area contributed by atoms with E-state index in [0.717, 1.165) is 5.56 Å². The molecule has 15 heavy (non-hydrogen) atoms. The number of rotatable bonds is 3. The molecule has 1 aliphatic rings. The van der Waals surface area contributed by atoms with Gasteiger partial charge >= 0.3 is 0 Å². The predicted octanol–water partition coefficient (Wildman–Crippen LogP) is -0.261. The number of aryl methyl sites for hydroxylation is 1. The van der Waals surface area contributed by atoms with Gasteiger partial charge in [0.2, 0.25) is 0 Å². The highest BCUT2D eigenvalue weighted by Crippen LogP contribution is 2.11. The van der Waals surface area contributed by atoms with E-state index >= 15 is 0 Å². The lowest BCUT2D eigenvalue weighted by molar-refractivity contribution is -0.131. The van der Waals surface area contributed by atoms with E-state index in [4.69, 9.17) is 9.47 Å². The molecule has 0 aromatic carbocycles. The van der Waals surface area contributed by atoms with Crippen molar-refractivity contribution in [1.82, 2.24) is 9.78 Å². The van der Waals surface area contributed by atoms with Crippen LogP contribution >= 0.6 is 0 Å². The van der Waals surface area contributed by atoms with E-state index in [0.29, 0.717) is 26.2 Å². The summed E-state index contributed by atoms with van der Waals surface area (Å²) in [4.78, 5) is 0. The Bertz CT molecular complexity index is 307. The normalized spacial score (nSPS) is 24.0. The maximum absolute atomic E-state index is 9.89. The van der Waals surface area contributed by atoms with Gasteiger partial charge in [0.1, 0.15) is 6.10 Å². The van der Waals surface area contributed by atoms with E-state index in [1.807, 2.05) is 13.2 Å². The molecule has 0 saturated carbocycles. The zero-order valence-electron chi connectivity index (χ0n) is 8.80. The number of nitrogens with zero attached hydrogens (tertiary/aromatic N) is 2. The average Bonchev–Trinajstić information content (AvgIpc) is 2.65. The molecule has 2 unspecified atom stereocenters. The lowest BCUT2D eigenvalue weighted by atomic mass is 10.1. The van der Waals surface area contributed by atoms with Gasteiger partial charge in [-0.3, -0.25) is 4.68 Å². The molecule has 0 bridgehead atoms. The van der Waals surface area contributed by atoms with Crippen LogP contribution in [0, 0.1) is 0 Å². The minimum absolute atomic E-state index is 0.209. The molecule has 0 aliphatic carbocycles. The maximum atomic E-state index is 9.89. The molecule has 1 N–H and O–H groups in total. The summed E-state index contributed by atoms with van der Waals surface area (Å²) in [5.41, 5.74) is 1.01. The van der Waals surface area contributed by atoms with E-state index in [-0.39, 0.29) is 6.10 Å². The van der Waals surface area contributed by atoms with Crippen LogP contribution in [0.2, 0.25) is 0 Å². The van der Waals surface area contributed by atoms with Gasteiger partial charge in [-0.25, -0.2) is 0 Å². The third-order valence-corrected chi connectivity index (χ3v) is 2.47. The second-order valence-electron chi connectivity index (χ2n) is 3.78. The fraction of sp³-hybridized carbons (Fsp3) is 0.700. The van der Waals surface area contributed by atoms with Gasteiger partial charge in [-0.1, -0.05) is 0 Å². The van der Waals surface area contributed by atoms with Gasteiger partial charge in [-0.05, 0) is 5.56 Å². The van der Waals surface area contributed by atoms with Crippen LogP contribution in [0.4, 0.5) is 0 Å². The molecular weight excluding hydrogens is 196 g/mol. The number of hydrogen-bond donors (Lipinski definition) is 1. The molecule has 0 radical (unpaired) electrons. The summed E-state index contributed by atoms with van der Waals surface area (Å²) < 4.78 is 12.4. The van der Waals surface area contributed by atoms with E-state index in [1.165, 1.54) is 0 Å². The minimum Gasteiger partial charge on any atom is -0.390 e. The standard InChI is InChI=1S/C10H16N2O3/c1-12-6-8(5-11-12)4-9(13)10-7-14-2-3-15-10/h5-6,9-10,13H,2-4,7H2,1H3. The first-order valence-electron chi connectivity index (χ1n) is 5.10. The largest absolute Gasteiger partial charge is 0.390 e. The fourth-order valence-corrected chi connectivity index (χ4v) is 1.68. The summed E-state index contributed by atoms with van der Waals surface area (Å²) in [5, 5.41) is 13.9. The number of hydrogen-bond acceptors (Lipinski definition) is 4. The first kappa shape index (κ1) is 10.6. The highest BCUT2D eigenvalue weighted by molar-refractivity contribution is 5.05. The topological polar surface area (TPSA) is 56.5 Å². The molecule has 1 aromatic heterocycles. The quantitative estimate of drug-likeness (QED) is 0.750. The molecule has 0 amide bonds. The number of aliphatic hydroxyl groups is 1. The van der Waals surface area contributed by atoms with Crippen molar-refractivity contribution in [1.29, 1.82) is 0 Å². The Morgan fingerprint density at radius 3 is 3.13 bits per heavy atom. The molecule has 5 nitrogen and oxygen atoms in total. The van der Waals surface area contributed by atoms with Crippen LogP contribution < -0.4 is 0 Å². The van der Waals surface area contributed by atoms with Crippen molar-refractivity contribution in [2.75, 3.05) is 19.8 Å². The zero-order chi connectivity index (χ0) is 10.7. The summed E-state index contributed by atoms with van der Waals surface area (Å²) in [5.74, 6) is 0. The second-order valence-corrected chi connectivity index (χ2v) is 3.78. The number of aromatic nitrogens is 2. The van der Waals surface area contributed by atoms with Crippen LogP contribution in [-0.4, -0.2) is 46.9 Å². The average molecular weight is 212 g/mol. The monoisotopic (exact) mass is 212 g/mol. The van der Waals surface area contributed by atoms with Crippen molar-refractivity contribution in [3.8, 4) is 0 Å². The third-order valence-electron chi connectivity index (χ3n) is 2.47. The van der Waals surface area contributed by atoms with Crippen LogP contribution in [0.3, 0.4) is 0 Å². The van der Waals surface area contributed by atoms with Crippen molar-refractivity contribution >= 4 is 0 Å². The SMILES string of the molecule is Cn1cc(CC(O)C2COCCO2)cn1. The molecular formula is C10H16N2O3. The second kappa shape index (κ2) is 4.74. The smallest absolute Gasteiger partial charge is 0.107 e. The Morgan fingerprint density at radius 1 is 1.67 bits per heavy atom.